The van der Waals surface area contributed by atoms with Crippen LogP contribution in [0.3, 0.4) is 0 Å². The van der Waals surface area contributed by atoms with Gasteiger partial charge in [-0.3, -0.25) is 4.98 Å². The Morgan fingerprint density at radius 3 is 2.76 bits per heavy atom. The maximum atomic E-state index is 6.49. The van der Waals surface area contributed by atoms with Gasteiger partial charge in [-0.1, -0.05) is 12.1 Å². The van der Waals surface area contributed by atoms with Crippen molar-refractivity contribution in [1.29, 1.82) is 0 Å². The van der Waals surface area contributed by atoms with E-state index >= 15 is 0 Å². The van der Waals surface area contributed by atoms with Gasteiger partial charge in [0, 0.05) is 23.9 Å². The van der Waals surface area contributed by atoms with E-state index in [0.717, 1.165) is 29.8 Å². The van der Waals surface area contributed by atoms with E-state index < -0.39 is 0 Å². The normalized spacial score (nSPS) is 18.1. The van der Waals surface area contributed by atoms with E-state index in [2.05, 4.69) is 11.1 Å². The van der Waals surface area contributed by atoms with Crippen molar-refractivity contribution in [2.45, 2.75) is 24.8 Å². The van der Waals surface area contributed by atoms with Gasteiger partial charge in [0.25, 0.3) is 0 Å². The first-order valence-corrected chi connectivity index (χ1v) is 7.16. The number of fused-ring (bicyclic) bond motifs is 1. The van der Waals surface area contributed by atoms with Crippen LogP contribution in [0.1, 0.15) is 35.2 Å². The van der Waals surface area contributed by atoms with Crippen molar-refractivity contribution in [3.05, 3.63) is 53.3 Å². The average molecular weight is 284 g/mol. The van der Waals surface area contributed by atoms with E-state index in [-0.39, 0.29) is 12.0 Å². The van der Waals surface area contributed by atoms with Crippen LogP contribution in [0.4, 0.5) is 0 Å². The summed E-state index contributed by atoms with van der Waals surface area (Å²) in [7, 11) is 3.27. The predicted octanol–water partition coefficient (Wildman–Crippen LogP) is 2.83. The summed E-state index contributed by atoms with van der Waals surface area (Å²) in [5.74, 6) is 1.70. The van der Waals surface area contributed by atoms with E-state index in [1.165, 1.54) is 5.56 Å². The smallest absolute Gasteiger partial charge is 0.161 e. The zero-order valence-corrected chi connectivity index (χ0v) is 12.4. The molecule has 0 saturated carbocycles. The largest absolute Gasteiger partial charge is 0.493 e. The molecule has 2 N–H and O–H groups in total. The number of nitrogens with two attached hydrogens (primary N) is 1. The summed E-state index contributed by atoms with van der Waals surface area (Å²) in [6, 6.07) is 9.92. The first-order chi connectivity index (χ1) is 10.2. The molecule has 2 atom stereocenters. The molecule has 2 aromatic rings. The van der Waals surface area contributed by atoms with Crippen molar-refractivity contribution >= 4 is 0 Å². The summed E-state index contributed by atoms with van der Waals surface area (Å²) in [6.07, 6.45) is 3.94. The Morgan fingerprint density at radius 2 is 2.00 bits per heavy atom. The molecule has 2 unspecified atom stereocenters. The molecule has 21 heavy (non-hydrogen) atoms. The number of pyridine rings is 1. The van der Waals surface area contributed by atoms with Gasteiger partial charge in [-0.2, -0.15) is 0 Å². The highest BCUT2D eigenvalue weighted by Gasteiger charge is 2.30. The highest BCUT2D eigenvalue weighted by atomic mass is 16.5. The number of ether oxygens (including phenoxy) is 2. The fourth-order valence-corrected chi connectivity index (χ4v) is 3.09. The van der Waals surface area contributed by atoms with Crippen LogP contribution in [0.5, 0.6) is 11.5 Å². The van der Waals surface area contributed by atoms with E-state index in [9.17, 15) is 0 Å². The molecule has 0 fully saturated rings. The van der Waals surface area contributed by atoms with Crippen LogP contribution in [0, 0.1) is 0 Å². The van der Waals surface area contributed by atoms with Crippen LogP contribution in [0.2, 0.25) is 0 Å². The third kappa shape index (κ3) is 2.47. The van der Waals surface area contributed by atoms with Crippen molar-refractivity contribution in [3.8, 4) is 11.5 Å². The Labute approximate surface area is 124 Å². The first-order valence-electron chi connectivity index (χ1n) is 7.16. The monoisotopic (exact) mass is 284 g/mol. The number of nitrogens with zero attached hydrogens (tertiary/aromatic N) is 1. The van der Waals surface area contributed by atoms with Gasteiger partial charge in [-0.05, 0) is 42.2 Å². The molecular formula is C17H20N2O2. The fraction of sp³-hybridized carbons (Fsp3) is 0.353. The van der Waals surface area contributed by atoms with Gasteiger partial charge < -0.3 is 15.2 Å². The van der Waals surface area contributed by atoms with Gasteiger partial charge in [0.05, 0.1) is 14.2 Å². The van der Waals surface area contributed by atoms with Crippen LogP contribution in [-0.4, -0.2) is 19.2 Å². The zero-order chi connectivity index (χ0) is 14.8. The van der Waals surface area contributed by atoms with Crippen LogP contribution in [-0.2, 0) is 6.42 Å². The van der Waals surface area contributed by atoms with Crippen molar-refractivity contribution in [2.24, 2.45) is 5.73 Å². The molecule has 1 aliphatic rings. The number of hydrogen-bond acceptors (Lipinski definition) is 4. The second kappa shape index (κ2) is 5.74. The molecule has 0 bridgehead atoms. The molecule has 0 saturated heterocycles. The van der Waals surface area contributed by atoms with E-state index in [0.29, 0.717) is 5.75 Å². The maximum Gasteiger partial charge on any atom is 0.161 e. The quantitative estimate of drug-likeness (QED) is 0.938. The second-order valence-electron chi connectivity index (χ2n) is 5.33. The molecular weight excluding hydrogens is 264 g/mol. The lowest BCUT2D eigenvalue weighted by molar-refractivity contribution is 0.354. The molecule has 1 heterocycles. The van der Waals surface area contributed by atoms with Gasteiger partial charge in [0.2, 0.25) is 0 Å². The summed E-state index contributed by atoms with van der Waals surface area (Å²) < 4.78 is 10.6. The standard InChI is InChI=1S/C17H20N2O2/c1-20-14-8-6-12(10-15(14)21-2)16(18)13-7-5-11-4-3-9-19-17(11)13/h3-4,6,8-10,13,16H,5,7,18H2,1-2H3. The molecule has 0 aliphatic heterocycles. The van der Waals surface area contributed by atoms with E-state index in [4.69, 9.17) is 15.2 Å². The van der Waals surface area contributed by atoms with Crippen molar-refractivity contribution in [1.82, 2.24) is 4.98 Å². The molecule has 1 aromatic heterocycles. The number of methoxy groups -OCH3 is 2. The van der Waals surface area contributed by atoms with E-state index in [1.807, 2.05) is 30.5 Å². The molecule has 3 rings (SSSR count). The van der Waals surface area contributed by atoms with Gasteiger partial charge in [-0.15, -0.1) is 0 Å². The SMILES string of the molecule is COc1ccc(C(N)C2CCc3cccnc32)cc1OC. The summed E-state index contributed by atoms with van der Waals surface area (Å²) >= 11 is 0. The summed E-state index contributed by atoms with van der Waals surface area (Å²) in [4.78, 5) is 4.53. The van der Waals surface area contributed by atoms with Crippen molar-refractivity contribution in [3.63, 3.8) is 0 Å². The highest BCUT2D eigenvalue weighted by molar-refractivity contribution is 5.45. The lowest BCUT2D eigenvalue weighted by Crippen LogP contribution is -2.19. The van der Waals surface area contributed by atoms with Gasteiger partial charge >= 0.3 is 0 Å². The Kier molecular flexibility index (Phi) is 3.80. The Balaban J connectivity index is 1.91. The average Bonchev–Trinajstić information content (AvgIpc) is 2.97. The van der Waals surface area contributed by atoms with Crippen LogP contribution < -0.4 is 15.2 Å². The summed E-state index contributed by atoms with van der Waals surface area (Å²) in [5.41, 5.74) is 10.0. The number of aromatic nitrogens is 1. The predicted molar refractivity (Wildman–Crippen MR) is 81.8 cm³/mol. The third-order valence-electron chi connectivity index (χ3n) is 4.23. The highest BCUT2D eigenvalue weighted by Crippen LogP contribution is 2.40. The van der Waals surface area contributed by atoms with Crippen molar-refractivity contribution < 1.29 is 9.47 Å². The van der Waals surface area contributed by atoms with Gasteiger partial charge in [0.1, 0.15) is 0 Å². The molecule has 1 aliphatic carbocycles. The minimum absolute atomic E-state index is 0.0824. The minimum atomic E-state index is -0.0824. The third-order valence-corrected chi connectivity index (χ3v) is 4.23. The molecule has 0 radical (unpaired) electrons. The Hall–Kier alpha value is -2.07. The van der Waals surface area contributed by atoms with Crippen LogP contribution >= 0.6 is 0 Å². The lowest BCUT2D eigenvalue weighted by Gasteiger charge is -2.21. The Morgan fingerprint density at radius 1 is 1.19 bits per heavy atom. The van der Waals surface area contributed by atoms with Crippen LogP contribution in [0.25, 0.3) is 0 Å². The van der Waals surface area contributed by atoms with Gasteiger partial charge in [0.15, 0.2) is 11.5 Å². The van der Waals surface area contributed by atoms with Crippen LogP contribution in [0.15, 0.2) is 36.5 Å². The zero-order valence-electron chi connectivity index (χ0n) is 12.4. The van der Waals surface area contributed by atoms with Crippen molar-refractivity contribution in [2.75, 3.05) is 14.2 Å². The topological polar surface area (TPSA) is 57.4 Å². The number of aryl methyl sites for hydroxylation is 1. The number of rotatable bonds is 4. The summed E-state index contributed by atoms with van der Waals surface area (Å²) in [5, 5.41) is 0. The summed E-state index contributed by atoms with van der Waals surface area (Å²) in [6.45, 7) is 0. The van der Waals surface area contributed by atoms with E-state index in [1.54, 1.807) is 14.2 Å². The molecule has 110 valence electrons. The first kappa shape index (κ1) is 13.9. The lowest BCUT2D eigenvalue weighted by atomic mass is 9.91. The fourth-order valence-electron chi connectivity index (χ4n) is 3.09. The molecule has 0 amide bonds. The molecule has 4 nitrogen and oxygen atoms in total. The second-order valence-corrected chi connectivity index (χ2v) is 5.33. The number of benzene rings is 1. The molecule has 1 aromatic carbocycles. The molecule has 4 heteroatoms. The minimum Gasteiger partial charge on any atom is -0.493 e. The number of hydrogen-bond donors (Lipinski definition) is 1. The molecule has 0 spiro atoms. The maximum absolute atomic E-state index is 6.49. The van der Waals surface area contributed by atoms with Gasteiger partial charge in [-0.25, -0.2) is 0 Å². The Bertz CT molecular complexity index is 642.